The molecule has 0 amide bonds. The molecule has 0 saturated heterocycles. The Balaban J connectivity index is 1.50. The first-order valence-electron chi connectivity index (χ1n) is 12.3. The van der Waals surface area contributed by atoms with Crippen molar-refractivity contribution in [1.29, 1.82) is 0 Å². The van der Waals surface area contributed by atoms with Crippen LogP contribution in [0.4, 0.5) is 28.8 Å². The smallest absolute Gasteiger partial charge is 0.229 e. The van der Waals surface area contributed by atoms with Gasteiger partial charge in [0, 0.05) is 64.0 Å². The van der Waals surface area contributed by atoms with Gasteiger partial charge in [0.1, 0.15) is 11.6 Å². The van der Waals surface area contributed by atoms with E-state index in [-0.39, 0.29) is 10.9 Å². The average molecular weight is 518 g/mol. The Hall–Kier alpha value is -3.72. The predicted molar refractivity (Wildman–Crippen MR) is 155 cm³/mol. The predicted octanol–water partition coefficient (Wildman–Crippen LogP) is 7.32. The van der Waals surface area contributed by atoms with Crippen molar-refractivity contribution in [2.45, 2.75) is 52.4 Å². The zero-order chi connectivity index (χ0) is 26.6. The van der Waals surface area contributed by atoms with Crippen molar-refractivity contribution in [3.05, 3.63) is 66.6 Å². The Morgan fingerprint density at radius 2 is 1.65 bits per heavy atom. The molecule has 37 heavy (non-hydrogen) atoms. The molecule has 0 radical (unpaired) electrons. The quantitative estimate of drug-likeness (QED) is 0.199. The van der Waals surface area contributed by atoms with Crippen LogP contribution in [0.3, 0.4) is 0 Å². The van der Waals surface area contributed by atoms with E-state index in [4.69, 9.17) is 9.72 Å². The van der Waals surface area contributed by atoms with Gasteiger partial charge in [0.2, 0.25) is 5.95 Å². The molecule has 2 aromatic carbocycles. The van der Waals surface area contributed by atoms with Gasteiger partial charge >= 0.3 is 0 Å². The minimum Gasteiger partial charge on any atom is -0.490 e. The molecule has 3 N–H and O–H groups in total. The summed E-state index contributed by atoms with van der Waals surface area (Å²) >= 11 is 1.69. The molecule has 0 spiro atoms. The number of hydrogen-bond acceptors (Lipinski definition) is 8. The molecule has 4 aromatic rings. The number of nitrogens with one attached hydrogen (secondary N) is 3. The normalized spacial score (nSPS) is 11.5. The van der Waals surface area contributed by atoms with Crippen LogP contribution in [0.25, 0.3) is 11.1 Å². The summed E-state index contributed by atoms with van der Waals surface area (Å²) in [5, 5.41) is 11.0. The number of rotatable bonds is 9. The zero-order valence-electron chi connectivity index (χ0n) is 22.5. The van der Waals surface area contributed by atoms with Crippen LogP contribution in [0.1, 0.15) is 40.2 Å². The molecule has 4 rings (SSSR count). The first-order valence-corrected chi connectivity index (χ1v) is 13.1. The van der Waals surface area contributed by atoms with E-state index in [1.807, 2.05) is 76.7 Å². The minimum absolute atomic E-state index is 0.0331. The van der Waals surface area contributed by atoms with Crippen LogP contribution in [0.2, 0.25) is 0 Å². The molecule has 2 aromatic heterocycles. The number of ether oxygens (including phenoxy) is 1. The maximum absolute atomic E-state index is 6.12. The number of hydrogen-bond donors (Lipinski definition) is 3. The Kier molecular flexibility index (Phi) is 7.92. The lowest BCUT2D eigenvalue weighted by Gasteiger charge is -2.18. The highest BCUT2D eigenvalue weighted by Gasteiger charge is 2.13. The van der Waals surface area contributed by atoms with E-state index in [0.717, 1.165) is 45.3 Å². The van der Waals surface area contributed by atoms with Crippen LogP contribution in [-0.2, 0) is 7.05 Å². The van der Waals surface area contributed by atoms with Crippen molar-refractivity contribution in [1.82, 2.24) is 19.7 Å². The number of nitrogens with zero attached hydrogens (tertiary/aromatic N) is 4. The summed E-state index contributed by atoms with van der Waals surface area (Å²) in [5.74, 6) is 2.02. The number of anilines is 5. The molecular weight excluding hydrogens is 482 g/mol. The Bertz CT molecular complexity index is 1340. The number of aryl methyl sites for hydroxylation is 2. The summed E-state index contributed by atoms with van der Waals surface area (Å²) in [7, 11) is 1.90. The minimum atomic E-state index is 0.0331. The molecule has 0 unspecified atom stereocenters. The Labute approximate surface area is 223 Å². The molecular formula is C28H35N7OS. The lowest BCUT2D eigenvalue weighted by Crippen LogP contribution is -2.10. The molecule has 0 bridgehead atoms. The fraction of sp³-hybridized carbons (Fsp3) is 0.321. The molecule has 0 saturated carbocycles. The average Bonchev–Trinajstić information content (AvgIpc) is 3.26. The van der Waals surface area contributed by atoms with Gasteiger partial charge in [-0.05, 0) is 89.9 Å². The molecule has 194 valence electrons. The molecule has 2 heterocycles. The highest BCUT2D eigenvalue weighted by atomic mass is 32.2. The van der Waals surface area contributed by atoms with Crippen molar-refractivity contribution in [3.63, 3.8) is 0 Å². The van der Waals surface area contributed by atoms with Crippen LogP contribution in [-0.4, -0.2) is 30.6 Å². The summed E-state index contributed by atoms with van der Waals surface area (Å²) < 4.78 is 11.4. The van der Waals surface area contributed by atoms with E-state index < -0.39 is 0 Å². The summed E-state index contributed by atoms with van der Waals surface area (Å²) in [6.07, 6.45) is 5.65. The Morgan fingerprint density at radius 1 is 0.946 bits per heavy atom. The standard InChI is InChI=1S/C28H35N7OS/c1-18(2)36-25-14-23(12-13-24(25)20-16-30-35(7)17-20)32-27-29-15-19(3)26(33-27)31-21-8-10-22(11-9-21)34-37-28(4,5)6/h8-18,34H,1-7H3,(H2,29,31,32,33). The van der Waals surface area contributed by atoms with Gasteiger partial charge in [-0.2, -0.15) is 10.1 Å². The fourth-order valence-corrected chi connectivity index (χ4v) is 4.04. The second kappa shape index (κ2) is 11.1. The molecule has 0 aliphatic heterocycles. The molecule has 0 aliphatic carbocycles. The maximum Gasteiger partial charge on any atom is 0.229 e. The molecule has 0 fully saturated rings. The number of benzene rings is 2. The summed E-state index contributed by atoms with van der Waals surface area (Å²) in [5.41, 5.74) is 5.78. The van der Waals surface area contributed by atoms with Gasteiger partial charge in [-0.1, -0.05) is 0 Å². The van der Waals surface area contributed by atoms with Crippen molar-refractivity contribution in [2.24, 2.45) is 7.05 Å². The van der Waals surface area contributed by atoms with E-state index in [1.165, 1.54) is 0 Å². The topological polar surface area (TPSA) is 88.9 Å². The lowest BCUT2D eigenvalue weighted by atomic mass is 10.1. The SMILES string of the molecule is Cc1cnc(Nc2ccc(-c3cnn(C)c3)c(OC(C)C)c2)nc1Nc1ccc(NSC(C)(C)C)cc1. The highest BCUT2D eigenvalue weighted by Crippen LogP contribution is 2.34. The third-order valence-electron chi connectivity index (χ3n) is 5.21. The first kappa shape index (κ1) is 26.3. The molecule has 0 atom stereocenters. The van der Waals surface area contributed by atoms with Gasteiger partial charge in [0.05, 0.1) is 12.3 Å². The van der Waals surface area contributed by atoms with Crippen molar-refractivity contribution in [3.8, 4) is 16.9 Å². The zero-order valence-corrected chi connectivity index (χ0v) is 23.3. The van der Waals surface area contributed by atoms with E-state index in [9.17, 15) is 0 Å². The largest absolute Gasteiger partial charge is 0.490 e. The van der Waals surface area contributed by atoms with Crippen molar-refractivity contribution >= 4 is 40.8 Å². The van der Waals surface area contributed by atoms with Gasteiger partial charge in [-0.15, -0.1) is 0 Å². The van der Waals surface area contributed by atoms with E-state index in [0.29, 0.717) is 5.95 Å². The van der Waals surface area contributed by atoms with Gasteiger partial charge < -0.3 is 20.1 Å². The summed E-state index contributed by atoms with van der Waals surface area (Å²) in [6.45, 7) is 12.5. The maximum atomic E-state index is 6.12. The molecule has 8 nitrogen and oxygen atoms in total. The lowest BCUT2D eigenvalue weighted by molar-refractivity contribution is 0.243. The van der Waals surface area contributed by atoms with Crippen LogP contribution in [0.5, 0.6) is 5.75 Å². The van der Waals surface area contributed by atoms with E-state index >= 15 is 0 Å². The molecule has 9 heteroatoms. The molecule has 0 aliphatic rings. The highest BCUT2D eigenvalue weighted by molar-refractivity contribution is 8.01. The van der Waals surface area contributed by atoms with E-state index in [1.54, 1.807) is 16.6 Å². The van der Waals surface area contributed by atoms with Crippen LogP contribution in [0.15, 0.2) is 61.1 Å². The fourth-order valence-electron chi connectivity index (χ4n) is 3.48. The monoisotopic (exact) mass is 517 g/mol. The summed E-state index contributed by atoms with van der Waals surface area (Å²) in [6, 6.07) is 14.2. The van der Waals surface area contributed by atoms with Crippen molar-refractivity contribution < 1.29 is 4.74 Å². The van der Waals surface area contributed by atoms with Crippen LogP contribution < -0.4 is 20.1 Å². The third kappa shape index (κ3) is 7.39. The van der Waals surface area contributed by atoms with Gasteiger partial charge in [0.25, 0.3) is 0 Å². The van der Waals surface area contributed by atoms with Crippen LogP contribution in [0, 0.1) is 6.92 Å². The van der Waals surface area contributed by atoms with Gasteiger partial charge in [0.15, 0.2) is 0 Å². The van der Waals surface area contributed by atoms with E-state index in [2.05, 4.69) is 58.3 Å². The van der Waals surface area contributed by atoms with Crippen molar-refractivity contribution in [2.75, 3.05) is 15.4 Å². The van der Waals surface area contributed by atoms with Gasteiger partial charge in [-0.25, -0.2) is 4.98 Å². The second-order valence-corrected chi connectivity index (χ2v) is 11.8. The van der Waals surface area contributed by atoms with Gasteiger partial charge in [-0.3, -0.25) is 4.68 Å². The second-order valence-electron chi connectivity index (χ2n) is 10.1. The third-order valence-corrected chi connectivity index (χ3v) is 6.16. The Morgan fingerprint density at radius 3 is 2.30 bits per heavy atom. The number of aromatic nitrogens is 4. The summed E-state index contributed by atoms with van der Waals surface area (Å²) in [4.78, 5) is 9.20. The first-order chi connectivity index (χ1) is 17.6. The van der Waals surface area contributed by atoms with Crippen LogP contribution >= 0.6 is 11.9 Å².